The van der Waals surface area contributed by atoms with Crippen LogP contribution in [0.3, 0.4) is 0 Å². The van der Waals surface area contributed by atoms with E-state index in [2.05, 4.69) is 26.1 Å². The van der Waals surface area contributed by atoms with Crippen molar-refractivity contribution in [3.63, 3.8) is 0 Å². The summed E-state index contributed by atoms with van der Waals surface area (Å²) in [5.74, 6) is -0.313. The van der Waals surface area contributed by atoms with E-state index < -0.39 is 10.0 Å². The first kappa shape index (κ1) is 20.2. The van der Waals surface area contributed by atoms with Crippen LogP contribution in [0.5, 0.6) is 0 Å². The summed E-state index contributed by atoms with van der Waals surface area (Å²) in [6.07, 6.45) is 1.92. The molecule has 1 N–H and O–H groups in total. The van der Waals surface area contributed by atoms with Crippen LogP contribution in [0.25, 0.3) is 0 Å². The van der Waals surface area contributed by atoms with Crippen molar-refractivity contribution in [3.05, 3.63) is 28.7 Å². The molecule has 0 atom stereocenters. The highest BCUT2D eigenvalue weighted by Crippen LogP contribution is 2.21. The van der Waals surface area contributed by atoms with Crippen molar-refractivity contribution < 1.29 is 17.9 Å². The molecule has 0 aliphatic carbocycles. The van der Waals surface area contributed by atoms with E-state index in [0.29, 0.717) is 12.2 Å². The summed E-state index contributed by atoms with van der Waals surface area (Å²) in [5, 5.41) is 2.79. The molecule has 0 saturated carbocycles. The number of halogens is 1. The Bertz CT molecular complexity index is 678. The van der Waals surface area contributed by atoms with E-state index in [1.54, 1.807) is 24.3 Å². The van der Waals surface area contributed by atoms with Crippen LogP contribution in [0, 0.1) is 0 Å². The SMILES string of the molecule is CS(=O)(=O)N(CC(=O)NCCCN1CCOCC1)c1cccc(Br)c1. The molecular weight excluding hydrogens is 410 g/mol. The van der Waals surface area contributed by atoms with Crippen LogP contribution in [-0.4, -0.2) is 71.4 Å². The summed E-state index contributed by atoms with van der Waals surface area (Å²) < 4.78 is 31.2. The van der Waals surface area contributed by atoms with Crippen LogP contribution in [0.1, 0.15) is 6.42 Å². The number of nitrogens with one attached hydrogen (secondary N) is 1. The minimum absolute atomic E-state index is 0.229. The Labute approximate surface area is 157 Å². The number of anilines is 1. The molecule has 1 aliphatic rings. The number of benzene rings is 1. The van der Waals surface area contributed by atoms with Gasteiger partial charge in [0.05, 0.1) is 25.2 Å². The molecule has 1 aromatic carbocycles. The molecule has 1 fully saturated rings. The third kappa shape index (κ3) is 6.93. The largest absolute Gasteiger partial charge is 0.379 e. The van der Waals surface area contributed by atoms with Crippen LogP contribution in [0.15, 0.2) is 28.7 Å². The van der Waals surface area contributed by atoms with Crippen molar-refractivity contribution >= 4 is 37.5 Å². The Kier molecular flexibility index (Phi) is 7.67. The van der Waals surface area contributed by atoms with Gasteiger partial charge in [0, 0.05) is 24.1 Å². The number of amides is 1. The summed E-state index contributed by atoms with van der Waals surface area (Å²) in [5.41, 5.74) is 0.459. The van der Waals surface area contributed by atoms with E-state index >= 15 is 0 Å². The molecule has 2 rings (SSSR count). The van der Waals surface area contributed by atoms with Crippen LogP contribution in [-0.2, 0) is 19.6 Å². The summed E-state index contributed by atoms with van der Waals surface area (Å²) in [6.45, 7) is 4.52. The molecule has 1 amide bonds. The fraction of sp³-hybridized carbons (Fsp3) is 0.562. The Balaban J connectivity index is 1.83. The van der Waals surface area contributed by atoms with E-state index in [0.717, 1.165) is 54.3 Å². The van der Waals surface area contributed by atoms with Crippen LogP contribution in [0.2, 0.25) is 0 Å². The lowest BCUT2D eigenvalue weighted by atomic mass is 10.3. The van der Waals surface area contributed by atoms with Crippen molar-refractivity contribution in [1.29, 1.82) is 0 Å². The van der Waals surface area contributed by atoms with Gasteiger partial charge in [-0.1, -0.05) is 22.0 Å². The van der Waals surface area contributed by atoms with E-state index in [1.807, 2.05) is 0 Å². The molecule has 9 heteroatoms. The van der Waals surface area contributed by atoms with Gasteiger partial charge < -0.3 is 10.1 Å². The summed E-state index contributed by atoms with van der Waals surface area (Å²) in [4.78, 5) is 14.4. The van der Waals surface area contributed by atoms with Crippen LogP contribution in [0.4, 0.5) is 5.69 Å². The molecule has 0 unspecified atom stereocenters. The third-order valence-electron chi connectivity index (χ3n) is 3.86. The lowest BCUT2D eigenvalue weighted by Crippen LogP contribution is -2.41. The highest BCUT2D eigenvalue weighted by atomic mass is 79.9. The van der Waals surface area contributed by atoms with E-state index in [1.165, 1.54) is 0 Å². The molecule has 0 bridgehead atoms. The van der Waals surface area contributed by atoms with E-state index in [-0.39, 0.29) is 12.5 Å². The molecule has 25 heavy (non-hydrogen) atoms. The highest BCUT2D eigenvalue weighted by molar-refractivity contribution is 9.10. The number of ether oxygens (including phenoxy) is 1. The number of sulfonamides is 1. The zero-order chi connectivity index (χ0) is 18.3. The standard InChI is InChI=1S/C16H24BrN3O4S/c1-25(22,23)20(15-5-2-4-14(17)12-15)13-16(21)18-6-3-7-19-8-10-24-11-9-19/h2,4-5,12H,3,6-11,13H2,1H3,(H,18,21). The second-order valence-electron chi connectivity index (χ2n) is 5.91. The minimum atomic E-state index is -3.55. The minimum Gasteiger partial charge on any atom is -0.379 e. The zero-order valence-corrected chi connectivity index (χ0v) is 16.7. The molecule has 1 aromatic rings. The number of hydrogen-bond donors (Lipinski definition) is 1. The van der Waals surface area contributed by atoms with Crippen molar-refractivity contribution in [3.8, 4) is 0 Å². The van der Waals surface area contributed by atoms with Gasteiger partial charge >= 0.3 is 0 Å². The van der Waals surface area contributed by atoms with Crippen molar-refractivity contribution in [2.75, 3.05) is 56.5 Å². The van der Waals surface area contributed by atoms with Gasteiger partial charge in [0.25, 0.3) is 0 Å². The van der Waals surface area contributed by atoms with Crippen molar-refractivity contribution in [1.82, 2.24) is 10.2 Å². The first-order valence-corrected chi connectivity index (χ1v) is 10.8. The molecule has 1 saturated heterocycles. The third-order valence-corrected chi connectivity index (χ3v) is 5.49. The van der Waals surface area contributed by atoms with Crippen LogP contribution >= 0.6 is 15.9 Å². The Hall–Kier alpha value is -1.16. The topological polar surface area (TPSA) is 79.0 Å². The number of hydrogen-bond acceptors (Lipinski definition) is 5. The van der Waals surface area contributed by atoms with Gasteiger partial charge in [0.15, 0.2) is 0 Å². The second-order valence-corrected chi connectivity index (χ2v) is 8.73. The normalized spacial score (nSPS) is 15.8. The number of rotatable bonds is 8. The second kappa shape index (κ2) is 9.51. The molecule has 0 aromatic heterocycles. The maximum absolute atomic E-state index is 12.1. The van der Waals surface area contributed by atoms with Gasteiger partial charge in [-0.25, -0.2) is 8.42 Å². The predicted molar refractivity (Wildman–Crippen MR) is 101 cm³/mol. The van der Waals surface area contributed by atoms with Gasteiger partial charge in [-0.3, -0.25) is 14.0 Å². The lowest BCUT2D eigenvalue weighted by Gasteiger charge is -2.26. The molecule has 0 radical (unpaired) electrons. The Morgan fingerprint density at radius 2 is 2.08 bits per heavy atom. The Morgan fingerprint density at radius 3 is 2.72 bits per heavy atom. The average molecular weight is 434 g/mol. The monoisotopic (exact) mass is 433 g/mol. The van der Waals surface area contributed by atoms with Gasteiger partial charge in [0.2, 0.25) is 15.9 Å². The molecule has 1 heterocycles. The smallest absolute Gasteiger partial charge is 0.240 e. The maximum Gasteiger partial charge on any atom is 0.240 e. The van der Waals surface area contributed by atoms with Gasteiger partial charge in [-0.15, -0.1) is 0 Å². The van der Waals surface area contributed by atoms with Crippen molar-refractivity contribution in [2.24, 2.45) is 0 Å². The quantitative estimate of drug-likeness (QED) is 0.619. The molecule has 1 aliphatic heterocycles. The molecule has 140 valence electrons. The van der Waals surface area contributed by atoms with Gasteiger partial charge in [0.1, 0.15) is 6.54 Å². The maximum atomic E-state index is 12.1. The lowest BCUT2D eigenvalue weighted by molar-refractivity contribution is -0.119. The van der Waals surface area contributed by atoms with Crippen molar-refractivity contribution in [2.45, 2.75) is 6.42 Å². The number of carbonyl (C=O) groups excluding carboxylic acids is 1. The predicted octanol–water partition coefficient (Wildman–Crippen LogP) is 1.05. The molecular formula is C16H24BrN3O4S. The summed E-state index contributed by atoms with van der Waals surface area (Å²) in [7, 11) is -3.55. The molecule has 7 nitrogen and oxygen atoms in total. The Morgan fingerprint density at radius 1 is 1.36 bits per heavy atom. The number of carbonyl (C=O) groups is 1. The average Bonchev–Trinajstić information content (AvgIpc) is 2.56. The van der Waals surface area contributed by atoms with Gasteiger partial charge in [-0.2, -0.15) is 0 Å². The first-order valence-electron chi connectivity index (χ1n) is 8.16. The fourth-order valence-corrected chi connectivity index (χ4v) is 3.81. The number of morpholine rings is 1. The van der Waals surface area contributed by atoms with Crippen LogP contribution < -0.4 is 9.62 Å². The van der Waals surface area contributed by atoms with E-state index in [4.69, 9.17) is 4.74 Å². The van der Waals surface area contributed by atoms with Gasteiger partial charge in [-0.05, 0) is 31.2 Å². The highest BCUT2D eigenvalue weighted by Gasteiger charge is 2.20. The fourth-order valence-electron chi connectivity index (χ4n) is 2.57. The zero-order valence-electron chi connectivity index (χ0n) is 14.3. The number of nitrogens with zero attached hydrogens (tertiary/aromatic N) is 2. The summed E-state index contributed by atoms with van der Waals surface area (Å²) >= 11 is 3.32. The molecule has 0 spiro atoms. The first-order chi connectivity index (χ1) is 11.9. The van der Waals surface area contributed by atoms with E-state index in [9.17, 15) is 13.2 Å². The summed E-state index contributed by atoms with van der Waals surface area (Å²) in [6, 6.07) is 6.87.